The van der Waals surface area contributed by atoms with E-state index in [9.17, 15) is 9.59 Å². The minimum Gasteiger partial charge on any atom is -0.350 e. The first-order valence-electron chi connectivity index (χ1n) is 10.9. The van der Waals surface area contributed by atoms with E-state index in [0.717, 1.165) is 40.6 Å². The van der Waals surface area contributed by atoms with Crippen molar-refractivity contribution in [2.24, 2.45) is 23.7 Å². The van der Waals surface area contributed by atoms with Gasteiger partial charge in [0.15, 0.2) is 0 Å². The predicted octanol–water partition coefficient (Wildman–Crippen LogP) is 4.39. The number of carbonyl (C=O) groups is 2. The molecule has 1 aliphatic heterocycles. The molecule has 0 spiro atoms. The van der Waals surface area contributed by atoms with Gasteiger partial charge in [-0.05, 0) is 93.4 Å². The topological polar surface area (TPSA) is 49.4 Å². The van der Waals surface area contributed by atoms with Crippen LogP contribution in [0.1, 0.15) is 61.7 Å². The van der Waals surface area contributed by atoms with Crippen LogP contribution < -0.4 is 5.32 Å². The highest BCUT2D eigenvalue weighted by Crippen LogP contribution is 2.55. The van der Waals surface area contributed by atoms with Crippen LogP contribution in [0.4, 0.5) is 0 Å². The second-order valence-corrected chi connectivity index (χ2v) is 10.7. The fourth-order valence-corrected chi connectivity index (χ4v) is 7.01. The van der Waals surface area contributed by atoms with Gasteiger partial charge in [-0.2, -0.15) is 0 Å². The number of hydrogen-bond acceptors (Lipinski definition) is 2. The van der Waals surface area contributed by atoms with Crippen molar-refractivity contribution in [3.8, 4) is 0 Å². The number of benzene rings is 1. The summed E-state index contributed by atoms with van der Waals surface area (Å²) in [6.07, 6.45) is 9.34. The zero-order valence-corrected chi connectivity index (χ0v) is 17.9. The molecule has 0 radical (unpaired) electrons. The summed E-state index contributed by atoms with van der Waals surface area (Å²) in [6, 6.07) is 7.52. The second kappa shape index (κ2) is 7.16. The number of hydrogen-bond donors (Lipinski definition) is 1. The Morgan fingerprint density at radius 3 is 2.00 bits per heavy atom. The second-order valence-electron chi connectivity index (χ2n) is 9.76. The minimum atomic E-state index is 0.0574. The summed E-state index contributed by atoms with van der Waals surface area (Å²) in [5.41, 5.74) is 0.815. The van der Waals surface area contributed by atoms with Crippen molar-refractivity contribution in [3.05, 3.63) is 34.3 Å². The SMILES string of the molecule is O=C(NC12CC3CC(CC(C3)C1)C2)C1CCN(C(=O)c2ccc(Br)cc2)CC1. The van der Waals surface area contributed by atoms with Gasteiger partial charge in [-0.25, -0.2) is 0 Å². The van der Waals surface area contributed by atoms with Crippen LogP contribution >= 0.6 is 15.9 Å². The van der Waals surface area contributed by atoms with Crippen molar-refractivity contribution in [3.63, 3.8) is 0 Å². The van der Waals surface area contributed by atoms with Crippen molar-refractivity contribution in [1.82, 2.24) is 10.2 Å². The molecular weight excluding hydrogens is 416 g/mol. The molecule has 1 aromatic rings. The zero-order chi connectivity index (χ0) is 19.3. The zero-order valence-electron chi connectivity index (χ0n) is 16.3. The van der Waals surface area contributed by atoms with Gasteiger partial charge >= 0.3 is 0 Å². The molecule has 5 aliphatic rings. The van der Waals surface area contributed by atoms with Gasteiger partial charge in [-0.15, -0.1) is 0 Å². The summed E-state index contributed by atoms with van der Waals surface area (Å²) >= 11 is 3.41. The van der Waals surface area contributed by atoms with Gasteiger partial charge in [0.25, 0.3) is 5.91 Å². The van der Waals surface area contributed by atoms with E-state index in [0.29, 0.717) is 13.1 Å². The van der Waals surface area contributed by atoms with Gasteiger partial charge in [0.05, 0.1) is 0 Å². The summed E-state index contributed by atoms with van der Waals surface area (Å²) in [6.45, 7) is 1.35. The van der Waals surface area contributed by atoms with Crippen LogP contribution in [0.2, 0.25) is 0 Å². The predicted molar refractivity (Wildman–Crippen MR) is 112 cm³/mol. The Kier molecular flexibility index (Phi) is 4.77. The van der Waals surface area contributed by atoms with E-state index in [2.05, 4.69) is 21.2 Å². The lowest BCUT2D eigenvalue weighted by Gasteiger charge is -2.57. The first kappa shape index (κ1) is 18.7. The molecular formula is C23H29BrN2O2. The normalized spacial score (nSPS) is 34.5. The number of carbonyl (C=O) groups excluding carboxylic acids is 2. The van der Waals surface area contributed by atoms with Crippen LogP contribution in [0.5, 0.6) is 0 Å². The molecule has 6 rings (SSSR count). The average molecular weight is 445 g/mol. The first-order valence-corrected chi connectivity index (χ1v) is 11.7. The molecule has 28 heavy (non-hydrogen) atoms. The van der Waals surface area contributed by atoms with E-state index in [-0.39, 0.29) is 23.3 Å². The molecule has 0 atom stereocenters. The standard InChI is InChI=1S/C23H29BrN2O2/c24-20-3-1-19(2-4-20)22(28)26-7-5-18(6-8-26)21(27)25-23-12-15-9-16(13-23)11-17(10-15)14-23/h1-4,15-18H,5-14H2,(H,25,27). The third kappa shape index (κ3) is 3.51. The fraction of sp³-hybridized carbons (Fsp3) is 0.652. The number of halogens is 1. The molecule has 1 N–H and O–H groups in total. The maximum atomic E-state index is 13.0. The number of likely N-dealkylation sites (tertiary alicyclic amines) is 1. The van der Waals surface area contributed by atoms with Crippen LogP contribution in [-0.4, -0.2) is 35.3 Å². The molecule has 1 saturated heterocycles. The summed E-state index contributed by atoms with van der Waals surface area (Å²) in [5.74, 6) is 2.91. The van der Waals surface area contributed by atoms with Gasteiger partial charge in [-0.3, -0.25) is 9.59 Å². The van der Waals surface area contributed by atoms with Crippen molar-refractivity contribution in [2.45, 2.75) is 56.9 Å². The molecule has 5 heteroatoms. The van der Waals surface area contributed by atoms with Crippen LogP contribution in [0.3, 0.4) is 0 Å². The summed E-state index contributed by atoms with van der Waals surface area (Å²) in [7, 11) is 0. The maximum Gasteiger partial charge on any atom is 0.253 e. The molecule has 4 saturated carbocycles. The van der Waals surface area contributed by atoms with E-state index in [1.165, 1.54) is 38.5 Å². The molecule has 1 heterocycles. The Morgan fingerprint density at radius 1 is 0.929 bits per heavy atom. The molecule has 4 bridgehead atoms. The molecule has 0 aromatic heterocycles. The fourth-order valence-electron chi connectivity index (χ4n) is 6.75. The van der Waals surface area contributed by atoms with Gasteiger partial charge in [-0.1, -0.05) is 15.9 Å². The summed E-state index contributed by atoms with van der Waals surface area (Å²) in [4.78, 5) is 27.6. The molecule has 4 aliphatic carbocycles. The third-order valence-corrected chi connectivity index (χ3v) is 8.20. The molecule has 1 aromatic carbocycles. The van der Waals surface area contributed by atoms with Crippen LogP contribution in [-0.2, 0) is 4.79 Å². The smallest absolute Gasteiger partial charge is 0.253 e. The number of nitrogens with zero attached hydrogens (tertiary/aromatic N) is 1. The average Bonchev–Trinajstić information content (AvgIpc) is 2.67. The van der Waals surface area contributed by atoms with Crippen molar-refractivity contribution >= 4 is 27.7 Å². The molecule has 0 unspecified atom stereocenters. The highest BCUT2D eigenvalue weighted by atomic mass is 79.9. The Balaban J connectivity index is 1.17. The molecule has 4 nitrogen and oxygen atoms in total. The Labute approximate surface area is 175 Å². The van der Waals surface area contributed by atoms with E-state index < -0.39 is 0 Å². The maximum absolute atomic E-state index is 13.0. The highest BCUT2D eigenvalue weighted by molar-refractivity contribution is 9.10. The van der Waals surface area contributed by atoms with E-state index >= 15 is 0 Å². The largest absolute Gasteiger partial charge is 0.350 e. The Hall–Kier alpha value is -1.36. The van der Waals surface area contributed by atoms with E-state index in [1.54, 1.807) is 0 Å². The first-order chi connectivity index (χ1) is 13.5. The number of nitrogens with one attached hydrogen (secondary N) is 1. The molecule has 5 fully saturated rings. The number of amides is 2. The lowest BCUT2D eigenvalue weighted by Crippen LogP contribution is -2.61. The van der Waals surface area contributed by atoms with Gasteiger partial charge in [0.2, 0.25) is 5.91 Å². The van der Waals surface area contributed by atoms with Crippen molar-refractivity contribution in [1.29, 1.82) is 0 Å². The van der Waals surface area contributed by atoms with Crippen LogP contribution in [0.25, 0.3) is 0 Å². The summed E-state index contributed by atoms with van der Waals surface area (Å²) < 4.78 is 0.976. The molecule has 150 valence electrons. The Bertz CT molecular complexity index is 732. The van der Waals surface area contributed by atoms with Crippen molar-refractivity contribution in [2.75, 3.05) is 13.1 Å². The Morgan fingerprint density at radius 2 is 1.46 bits per heavy atom. The van der Waals surface area contributed by atoms with Gasteiger partial charge in [0.1, 0.15) is 0 Å². The van der Waals surface area contributed by atoms with Crippen LogP contribution in [0.15, 0.2) is 28.7 Å². The monoisotopic (exact) mass is 444 g/mol. The van der Waals surface area contributed by atoms with Gasteiger partial charge < -0.3 is 10.2 Å². The van der Waals surface area contributed by atoms with E-state index in [4.69, 9.17) is 0 Å². The van der Waals surface area contributed by atoms with Crippen molar-refractivity contribution < 1.29 is 9.59 Å². The number of piperidine rings is 1. The quantitative estimate of drug-likeness (QED) is 0.751. The highest BCUT2D eigenvalue weighted by Gasteiger charge is 2.51. The summed E-state index contributed by atoms with van der Waals surface area (Å²) in [5, 5.41) is 3.53. The third-order valence-electron chi connectivity index (χ3n) is 7.67. The van der Waals surface area contributed by atoms with Crippen LogP contribution in [0, 0.1) is 23.7 Å². The van der Waals surface area contributed by atoms with Gasteiger partial charge in [0, 0.05) is 34.6 Å². The minimum absolute atomic E-state index is 0.0574. The number of rotatable bonds is 3. The molecule has 2 amide bonds. The lowest BCUT2D eigenvalue weighted by atomic mass is 9.53. The van der Waals surface area contributed by atoms with E-state index in [1.807, 2.05) is 29.2 Å². The lowest BCUT2D eigenvalue weighted by molar-refractivity contribution is -0.132.